The van der Waals surface area contributed by atoms with E-state index in [2.05, 4.69) is 25.5 Å². The van der Waals surface area contributed by atoms with Gasteiger partial charge < -0.3 is 10.7 Å². The smallest absolute Gasteiger partial charge is 0.261 e. The molecule has 1 amide bonds. The lowest BCUT2D eigenvalue weighted by Crippen LogP contribution is -2.10. The third kappa shape index (κ3) is 4.63. The molecule has 37 heavy (non-hydrogen) atoms. The number of imidazole rings is 1. The molecule has 0 spiro atoms. The zero-order chi connectivity index (χ0) is 25.5. The van der Waals surface area contributed by atoms with E-state index in [0.717, 1.165) is 40.3 Å². The number of tetrazole rings is 1. The minimum atomic E-state index is -0.785. The van der Waals surface area contributed by atoms with Crippen molar-refractivity contribution in [3.05, 3.63) is 81.7 Å². The number of nitrogens with zero attached hydrogens (tertiary/aromatic N) is 6. The lowest BCUT2D eigenvalue weighted by Gasteiger charge is -2.15. The third-order valence-electron chi connectivity index (χ3n) is 6.44. The number of amides is 1. The van der Waals surface area contributed by atoms with E-state index in [0.29, 0.717) is 22.5 Å². The molecule has 1 saturated carbocycles. The van der Waals surface area contributed by atoms with Crippen molar-refractivity contribution in [3.63, 3.8) is 0 Å². The number of carbonyl (C=O) groups is 1. The number of hydrogen-bond donors (Lipinski definition) is 2. The Bertz CT molecular complexity index is 1580. The van der Waals surface area contributed by atoms with Gasteiger partial charge in [-0.05, 0) is 47.0 Å². The highest BCUT2D eigenvalue weighted by atomic mass is 35.5. The fourth-order valence-corrected chi connectivity index (χ4v) is 5.35. The van der Waals surface area contributed by atoms with E-state index in [1.807, 2.05) is 24.3 Å². The molecular weight excluding hydrogens is 515 g/mol. The van der Waals surface area contributed by atoms with E-state index >= 15 is 0 Å². The van der Waals surface area contributed by atoms with Crippen LogP contribution in [0.1, 0.15) is 46.4 Å². The minimum absolute atomic E-state index is 0.0917. The van der Waals surface area contributed by atoms with Gasteiger partial charge in [-0.15, -0.1) is 16.4 Å². The van der Waals surface area contributed by atoms with Crippen LogP contribution >= 0.6 is 22.9 Å². The van der Waals surface area contributed by atoms with Crippen LogP contribution in [0.2, 0.25) is 5.02 Å². The molecule has 6 rings (SSSR count). The minimum Gasteiger partial charge on any atom is -0.365 e. The number of nitrogens with one attached hydrogen (secondary N) is 1. The molecule has 1 fully saturated rings. The number of pyridine rings is 1. The van der Waals surface area contributed by atoms with E-state index in [-0.39, 0.29) is 16.4 Å². The lowest BCUT2D eigenvalue weighted by molar-refractivity contribution is 0.100. The Labute approximate surface area is 219 Å². The van der Waals surface area contributed by atoms with Gasteiger partial charge in [-0.1, -0.05) is 30.5 Å². The van der Waals surface area contributed by atoms with E-state index in [9.17, 15) is 9.18 Å². The summed E-state index contributed by atoms with van der Waals surface area (Å²) < 4.78 is 16.3. The van der Waals surface area contributed by atoms with Gasteiger partial charge in [-0.3, -0.25) is 9.78 Å². The second kappa shape index (κ2) is 9.49. The van der Waals surface area contributed by atoms with Crippen LogP contribution < -0.4 is 5.73 Å². The average Bonchev–Trinajstić information content (AvgIpc) is 3.27. The second-order valence-electron chi connectivity index (χ2n) is 8.96. The van der Waals surface area contributed by atoms with Crippen molar-refractivity contribution in [3.8, 4) is 28.1 Å². The highest BCUT2D eigenvalue weighted by Crippen LogP contribution is 2.41. The molecule has 1 unspecified atom stereocenters. The monoisotopic (exact) mass is 534 g/mol. The summed E-state index contributed by atoms with van der Waals surface area (Å²) in [6, 6.07) is 9.46. The highest BCUT2D eigenvalue weighted by Gasteiger charge is 2.30. The summed E-state index contributed by atoms with van der Waals surface area (Å²) in [4.78, 5) is 24.0. The van der Waals surface area contributed by atoms with Crippen LogP contribution in [0.4, 0.5) is 4.39 Å². The summed E-state index contributed by atoms with van der Waals surface area (Å²) in [5, 5.41) is 13.6. The molecule has 1 aliphatic rings. The number of H-pyrrole nitrogens is 1. The SMILES string of the molecule is NC(=O)c1scc(-c2cnc(C(CC3CC3)c3ccc(-c4cc(Cl)ccc4-n4cnnn4)cn3)[nH]2)c1F. The summed E-state index contributed by atoms with van der Waals surface area (Å²) in [5.41, 5.74) is 9.39. The zero-order valence-corrected chi connectivity index (χ0v) is 20.9. The topological polar surface area (TPSA) is 128 Å². The lowest BCUT2D eigenvalue weighted by atomic mass is 9.96. The first-order valence-corrected chi connectivity index (χ1v) is 12.8. The van der Waals surface area contributed by atoms with E-state index < -0.39 is 11.7 Å². The second-order valence-corrected chi connectivity index (χ2v) is 10.3. The number of aromatic amines is 1. The molecule has 12 heteroatoms. The molecule has 1 aliphatic carbocycles. The van der Waals surface area contributed by atoms with Crippen molar-refractivity contribution in [2.24, 2.45) is 11.7 Å². The number of nitrogens with two attached hydrogens (primary N) is 1. The number of benzene rings is 1. The first-order valence-electron chi connectivity index (χ1n) is 11.6. The molecule has 9 nitrogen and oxygen atoms in total. The molecule has 5 aromatic rings. The van der Waals surface area contributed by atoms with Crippen LogP contribution in [0.25, 0.3) is 28.1 Å². The molecule has 0 saturated heterocycles. The van der Waals surface area contributed by atoms with Gasteiger partial charge in [0, 0.05) is 33.3 Å². The molecule has 1 aromatic carbocycles. The predicted octanol–water partition coefficient (Wildman–Crippen LogP) is 5.00. The number of aromatic nitrogens is 7. The number of hydrogen-bond acceptors (Lipinski definition) is 7. The summed E-state index contributed by atoms with van der Waals surface area (Å²) >= 11 is 7.27. The van der Waals surface area contributed by atoms with E-state index in [1.54, 1.807) is 28.5 Å². The summed E-state index contributed by atoms with van der Waals surface area (Å²) in [6.07, 6.45) is 8.13. The number of rotatable bonds is 8. The van der Waals surface area contributed by atoms with Gasteiger partial charge >= 0.3 is 0 Å². The fourth-order valence-electron chi connectivity index (χ4n) is 4.38. The van der Waals surface area contributed by atoms with Crippen LogP contribution in [0.3, 0.4) is 0 Å². The molecule has 1 atom stereocenters. The first-order chi connectivity index (χ1) is 18.0. The van der Waals surface area contributed by atoms with Crippen molar-refractivity contribution in [1.29, 1.82) is 0 Å². The van der Waals surface area contributed by atoms with Crippen molar-refractivity contribution < 1.29 is 9.18 Å². The van der Waals surface area contributed by atoms with Crippen LogP contribution in [-0.2, 0) is 0 Å². The number of carbonyl (C=O) groups excluding carboxylic acids is 1. The Kier molecular flexibility index (Phi) is 6.01. The van der Waals surface area contributed by atoms with Gasteiger partial charge in [0.15, 0.2) is 5.82 Å². The van der Waals surface area contributed by atoms with Gasteiger partial charge in [0.1, 0.15) is 17.0 Å². The van der Waals surface area contributed by atoms with E-state index in [4.69, 9.17) is 22.3 Å². The molecule has 0 aliphatic heterocycles. The van der Waals surface area contributed by atoms with Crippen LogP contribution in [0.5, 0.6) is 0 Å². The Hall–Kier alpha value is -3.96. The maximum absolute atomic E-state index is 14.7. The largest absolute Gasteiger partial charge is 0.365 e. The van der Waals surface area contributed by atoms with E-state index in [1.165, 1.54) is 19.2 Å². The Balaban J connectivity index is 1.33. The molecule has 0 bridgehead atoms. The maximum Gasteiger partial charge on any atom is 0.261 e. The molecule has 186 valence electrons. The van der Waals surface area contributed by atoms with Crippen molar-refractivity contribution in [1.82, 2.24) is 35.2 Å². The van der Waals surface area contributed by atoms with Gasteiger partial charge in [0.25, 0.3) is 5.91 Å². The molecule has 0 radical (unpaired) electrons. The maximum atomic E-state index is 14.7. The highest BCUT2D eigenvalue weighted by molar-refractivity contribution is 7.12. The first kappa shape index (κ1) is 23.4. The van der Waals surface area contributed by atoms with Crippen molar-refractivity contribution >= 4 is 28.8 Å². The van der Waals surface area contributed by atoms with Gasteiger partial charge in [0.2, 0.25) is 0 Å². The van der Waals surface area contributed by atoms with Crippen LogP contribution in [0, 0.1) is 11.7 Å². The van der Waals surface area contributed by atoms with Gasteiger partial charge in [-0.25, -0.2) is 9.37 Å². The Morgan fingerprint density at radius 3 is 2.76 bits per heavy atom. The normalized spacial score (nSPS) is 14.1. The molecular formula is C25H20ClFN8OS. The fraction of sp³-hybridized carbons (Fsp3) is 0.200. The Morgan fingerprint density at radius 1 is 1.22 bits per heavy atom. The predicted molar refractivity (Wildman–Crippen MR) is 137 cm³/mol. The molecule has 4 aromatic heterocycles. The molecule has 4 heterocycles. The average molecular weight is 535 g/mol. The third-order valence-corrected chi connectivity index (χ3v) is 7.65. The van der Waals surface area contributed by atoms with Gasteiger partial charge in [0.05, 0.1) is 29.2 Å². The number of thiophene rings is 1. The quantitative estimate of drug-likeness (QED) is 0.288. The Morgan fingerprint density at radius 2 is 2.08 bits per heavy atom. The summed E-state index contributed by atoms with van der Waals surface area (Å²) in [6.45, 7) is 0. The number of primary amides is 1. The van der Waals surface area contributed by atoms with Crippen LogP contribution in [-0.4, -0.2) is 41.1 Å². The van der Waals surface area contributed by atoms with Crippen molar-refractivity contribution in [2.45, 2.75) is 25.2 Å². The van der Waals surface area contributed by atoms with Crippen molar-refractivity contribution in [2.75, 3.05) is 0 Å². The summed E-state index contributed by atoms with van der Waals surface area (Å²) in [5.74, 6) is -0.212. The zero-order valence-electron chi connectivity index (χ0n) is 19.3. The number of halogens is 2. The summed E-state index contributed by atoms with van der Waals surface area (Å²) in [7, 11) is 0. The van der Waals surface area contributed by atoms with Gasteiger partial charge in [-0.2, -0.15) is 4.68 Å². The molecule has 3 N–H and O–H groups in total. The standard InChI is InChI=1S/C25H20ClFN8OS/c26-15-4-6-21(35-12-31-33-34-35)16(8-15)14-3-5-19(29-9-14)17(7-13-1-2-13)25-30-10-20(32-25)18-11-37-23(22(18)27)24(28)36/h3-6,8-13,17H,1-2,7H2,(H2,28,36)(H,30,32). The van der Waals surface area contributed by atoms with Crippen LogP contribution in [0.15, 0.2) is 54.4 Å².